The van der Waals surface area contributed by atoms with Gasteiger partial charge in [-0.3, -0.25) is 10.2 Å². The maximum absolute atomic E-state index is 11.8. The van der Waals surface area contributed by atoms with E-state index in [1.54, 1.807) is 23.0 Å². The lowest BCUT2D eigenvalue weighted by Crippen LogP contribution is -2.58. The Hall–Kier alpha value is -1.93. The smallest absolute Gasteiger partial charge is 0.281 e. The minimum atomic E-state index is -0.167. The molecule has 0 radical (unpaired) electrons. The molecule has 2 heterocycles. The van der Waals surface area contributed by atoms with E-state index in [1.807, 2.05) is 13.0 Å². The molecule has 0 saturated carbocycles. The number of pyridine rings is 1. The number of nitrogens with one attached hydrogen (secondary N) is 2. The lowest BCUT2D eigenvalue weighted by molar-refractivity contribution is -0.656. The molecular formula is C10H10N3O+. The molecule has 1 atom stereocenters. The molecule has 14 heavy (non-hydrogen) atoms. The van der Waals surface area contributed by atoms with Gasteiger partial charge < -0.3 is 0 Å². The van der Waals surface area contributed by atoms with Gasteiger partial charge in [-0.05, 0) is 18.9 Å². The molecule has 2 N–H and O–H groups in total. The third-order valence-corrected chi connectivity index (χ3v) is 2.24. The zero-order chi connectivity index (χ0) is 10.1. The van der Waals surface area contributed by atoms with E-state index >= 15 is 0 Å². The van der Waals surface area contributed by atoms with Crippen LogP contribution in [0.2, 0.25) is 0 Å². The van der Waals surface area contributed by atoms with Crippen LogP contribution < -0.4 is 10.1 Å². The molecule has 0 aromatic carbocycles. The molecule has 0 fully saturated rings. The Bertz CT molecular complexity index is 446. The molecular weight excluding hydrogens is 178 g/mol. The summed E-state index contributed by atoms with van der Waals surface area (Å²) in [6.07, 6.45) is 1.78. The first-order chi connectivity index (χ1) is 6.74. The Kier molecular flexibility index (Phi) is 1.91. The lowest BCUT2D eigenvalue weighted by Gasteiger charge is -2.16. The van der Waals surface area contributed by atoms with E-state index in [0.717, 1.165) is 0 Å². The summed E-state index contributed by atoms with van der Waals surface area (Å²) in [6.45, 7) is 1.83. The number of carbonyl (C=O) groups is 1. The Morgan fingerprint density at radius 3 is 3.07 bits per heavy atom. The van der Waals surface area contributed by atoms with Crippen LogP contribution in [0, 0.1) is 5.41 Å². The molecule has 1 aliphatic rings. The van der Waals surface area contributed by atoms with Crippen molar-refractivity contribution >= 4 is 11.7 Å². The molecule has 1 aromatic heterocycles. The van der Waals surface area contributed by atoms with Crippen molar-refractivity contribution < 1.29 is 9.47 Å². The van der Waals surface area contributed by atoms with E-state index in [-0.39, 0.29) is 11.8 Å². The number of hydrogen-bond acceptors (Lipinski definition) is 3. The highest BCUT2D eigenvalue weighted by Gasteiger charge is 2.33. The summed E-state index contributed by atoms with van der Waals surface area (Å²) in [5.74, 6) is 2.05. The molecule has 0 saturated heterocycles. The van der Waals surface area contributed by atoms with Crippen molar-refractivity contribution in [3.8, 4) is 0 Å². The van der Waals surface area contributed by atoms with E-state index < -0.39 is 0 Å². The van der Waals surface area contributed by atoms with Crippen molar-refractivity contribution in [2.75, 3.05) is 5.43 Å². The normalized spacial score (nSPS) is 19.6. The lowest BCUT2D eigenvalue weighted by atomic mass is 10.0. The minimum absolute atomic E-state index is 0.133. The highest BCUT2D eigenvalue weighted by Crippen LogP contribution is 2.10. The van der Waals surface area contributed by atoms with E-state index in [1.165, 1.54) is 0 Å². The maximum atomic E-state index is 11.8. The van der Waals surface area contributed by atoms with Crippen LogP contribution in [0.3, 0.4) is 0 Å². The van der Waals surface area contributed by atoms with Crippen LogP contribution in [0.5, 0.6) is 0 Å². The second kappa shape index (κ2) is 3.09. The second-order valence-electron chi connectivity index (χ2n) is 3.17. The SMILES string of the molecule is CC1N[n+]2ccccc2C(=O)C1=C=N. The molecule has 2 rings (SSSR count). The van der Waals surface area contributed by atoms with E-state index in [4.69, 9.17) is 5.41 Å². The fourth-order valence-corrected chi connectivity index (χ4v) is 1.51. The van der Waals surface area contributed by atoms with Gasteiger partial charge in [-0.1, -0.05) is 4.68 Å². The predicted molar refractivity (Wildman–Crippen MR) is 51.0 cm³/mol. The average molecular weight is 188 g/mol. The van der Waals surface area contributed by atoms with Gasteiger partial charge in [-0.2, -0.15) is 5.43 Å². The molecule has 0 bridgehead atoms. The molecule has 4 nitrogen and oxygen atoms in total. The van der Waals surface area contributed by atoms with Gasteiger partial charge in [0.2, 0.25) is 0 Å². The van der Waals surface area contributed by atoms with Gasteiger partial charge in [0, 0.05) is 12.1 Å². The van der Waals surface area contributed by atoms with Crippen molar-refractivity contribution in [3.63, 3.8) is 0 Å². The van der Waals surface area contributed by atoms with Gasteiger partial charge in [0.25, 0.3) is 11.5 Å². The largest absolute Gasteiger partial charge is 0.283 e. The fraction of sp³-hybridized carbons (Fsp3) is 0.200. The number of hydrogen-bond donors (Lipinski definition) is 2. The van der Waals surface area contributed by atoms with Crippen molar-refractivity contribution in [3.05, 3.63) is 35.7 Å². The predicted octanol–water partition coefficient (Wildman–Crippen LogP) is 0.277. The van der Waals surface area contributed by atoms with Gasteiger partial charge >= 0.3 is 0 Å². The zero-order valence-corrected chi connectivity index (χ0v) is 7.74. The number of ketones is 1. The summed E-state index contributed by atoms with van der Waals surface area (Å²) in [5, 5.41) is 7.04. The van der Waals surface area contributed by atoms with Crippen LogP contribution in [-0.4, -0.2) is 17.7 Å². The Balaban J connectivity index is 2.60. The Labute approximate surface area is 81.4 Å². The number of carbonyl (C=O) groups excluding carboxylic acids is 1. The van der Waals surface area contributed by atoms with Crippen LogP contribution in [-0.2, 0) is 0 Å². The molecule has 0 aliphatic carbocycles. The molecule has 70 valence electrons. The first-order valence-electron chi connectivity index (χ1n) is 4.35. The second-order valence-corrected chi connectivity index (χ2v) is 3.17. The molecule has 1 aliphatic heterocycles. The number of aromatic nitrogens is 1. The average Bonchev–Trinajstić information content (AvgIpc) is 2.18. The van der Waals surface area contributed by atoms with Gasteiger partial charge in [0.15, 0.2) is 6.20 Å². The third-order valence-electron chi connectivity index (χ3n) is 2.24. The van der Waals surface area contributed by atoms with Gasteiger partial charge in [-0.15, -0.1) is 0 Å². The van der Waals surface area contributed by atoms with Crippen LogP contribution >= 0.6 is 0 Å². The van der Waals surface area contributed by atoms with Crippen LogP contribution in [0.1, 0.15) is 17.4 Å². The van der Waals surface area contributed by atoms with Crippen LogP contribution in [0.25, 0.3) is 0 Å². The first kappa shape index (κ1) is 8.66. The maximum Gasteiger partial charge on any atom is 0.283 e. The molecule has 1 unspecified atom stereocenters. The van der Waals surface area contributed by atoms with Crippen molar-refractivity contribution in [2.45, 2.75) is 13.0 Å². The summed E-state index contributed by atoms with van der Waals surface area (Å²) in [6, 6.07) is 5.19. The fourth-order valence-electron chi connectivity index (χ4n) is 1.51. The van der Waals surface area contributed by atoms with Crippen molar-refractivity contribution in [1.29, 1.82) is 5.41 Å². The van der Waals surface area contributed by atoms with E-state index in [9.17, 15) is 4.79 Å². The standard InChI is InChI=1S/C10H9N3O/c1-7-8(6-11)10(14)9-4-2-3-5-13(9)12-7/h2-5,7,11H,1H3/p+1. The molecule has 4 heteroatoms. The number of Topliss-reactive ketones (excluding diaryl/α,β-unsaturated/α-hetero) is 1. The Morgan fingerprint density at radius 2 is 2.36 bits per heavy atom. The highest BCUT2D eigenvalue weighted by molar-refractivity contribution is 6.13. The number of nitrogens with zero attached hydrogens (tertiary/aromatic N) is 1. The number of fused-ring (bicyclic) bond motifs is 1. The van der Waals surface area contributed by atoms with Gasteiger partial charge in [0.05, 0.1) is 5.57 Å². The zero-order valence-electron chi connectivity index (χ0n) is 7.74. The summed E-state index contributed by atoms with van der Waals surface area (Å²) in [7, 11) is 0. The van der Waals surface area contributed by atoms with Crippen LogP contribution in [0.4, 0.5) is 0 Å². The summed E-state index contributed by atoms with van der Waals surface area (Å²) < 4.78 is 1.67. The first-order valence-corrected chi connectivity index (χ1v) is 4.35. The van der Waals surface area contributed by atoms with Gasteiger partial charge in [-0.25, -0.2) is 0 Å². The molecule has 1 aromatic rings. The molecule has 0 amide bonds. The van der Waals surface area contributed by atoms with E-state index in [0.29, 0.717) is 11.3 Å². The monoisotopic (exact) mass is 188 g/mol. The third kappa shape index (κ3) is 1.13. The molecule has 0 spiro atoms. The number of rotatable bonds is 0. The van der Waals surface area contributed by atoms with Gasteiger partial charge in [0.1, 0.15) is 6.04 Å². The van der Waals surface area contributed by atoms with E-state index in [2.05, 4.69) is 11.3 Å². The summed E-state index contributed by atoms with van der Waals surface area (Å²) in [4.78, 5) is 11.8. The summed E-state index contributed by atoms with van der Waals surface area (Å²) in [5.41, 5.74) is 3.98. The van der Waals surface area contributed by atoms with Crippen molar-refractivity contribution in [2.24, 2.45) is 0 Å². The highest BCUT2D eigenvalue weighted by atomic mass is 16.1. The van der Waals surface area contributed by atoms with Crippen LogP contribution in [0.15, 0.2) is 30.0 Å². The quantitative estimate of drug-likeness (QED) is 0.349. The minimum Gasteiger partial charge on any atom is -0.281 e. The summed E-state index contributed by atoms with van der Waals surface area (Å²) >= 11 is 0. The van der Waals surface area contributed by atoms with Crippen molar-refractivity contribution in [1.82, 2.24) is 0 Å². The Morgan fingerprint density at radius 1 is 1.57 bits per heavy atom. The topological polar surface area (TPSA) is 56.8 Å².